The molecule has 1 saturated heterocycles. The molecule has 1 heteroatoms. The summed E-state index contributed by atoms with van der Waals surface area (Å²) in [5.74, 6) is 1.72. The molecule has 0 radical (unpaired) electrons. The van der Waals surface area contributed by atoms with Crippen molar-refractivity contribution in [3.05, 3.63) is 0 Å². The SMILES string of the molecule is CCC1COCC[C@@H]1C. The third-order valence-corrected chi connectivity index (χ3v) is 2.38. The summed E-state index contributed by atoms with van der Waals surface area (Å²) in [6.07, 6.45) is 2.54. The molecule has 1 unspecified atom stereocenters. The van der Waals surface area contributed by atoms with Gasteiger partial charge >= 0.3 is 0 Å². The molecule has 1 aliphatic rings. The summed E-state index contributed by atoms with van der Waals surface area (Å²) >= 11 is 0. The minimum absolute atomic E-state index is 0.832. The molecule has 1 heterocycles. The zero-order valence-electron chi connectivity index (χ0n) is 6.39. The lowest BCUT2D eigenvalue weighted by Crippen LogP contribution is -2.24. The molecule has 0 aromatic heterocycles. The minimum atomic E-state index is 0.832. The van der Waals surface area contributed by atoms with Crippen LogP contribution in [0, 0.1) is 11.8 Å². The van der Waals surface area contributed by atoms with E-state index in [9.17, 15) is 0 Å². The Hall–Kier alpha value is -0.0400. The molecule has 54 valence electrons. The molecule has 1 nitrogen and oxygen atoms in total. The molecular weight excluding hydrogens is 112 g/mol. The van der Waals surface area contributed by atoms with Gasteiger partial charge in [0.1, 0.15) is 0 Å². The molecule has 1 aliphatic heterocycles. The van der Waals surface area contributed by atoms with Gasteiger partial charge < -0.3 is 4.74 Å². The zero-order valence-corrected chi connectivity index (χ0v) is 6.39. The van der Waals surface area contributed by atoms with E-state index >= 15 is 0 Å². The summed E-state index contributed by atoms with van der Waals surface area (Å²) in [5, 5.41) is 0. The van der Waals surface area contributed by atoms with Gasteiger partial charge in [-0.25, -0.2) is 0 Å². The Bertz CT molecular complexity index is 80.6. The first-order chi connectivity index (χ1) is 4.34. The fraction of sp³-hybridized carbons (Fsp3) is 1.00. The van der Waals surface area contributed by atoms with Crippen molar-refractivity contribution in [2.75, 3.05) is 13.2 Å². The van der Waals surface area contributed by atoms with Crippen molar-refractivity contribution in [1.29, 1.82) is 0 Å². The van der Waals surface area contributed by atoms with Crippen LogP contribution < -0.4 is 0 Å². The predicted molar refractivity (Wildman–Crippen MR) is 38.4 cm³/mol. The van der Waals surface area contributed by atoms with Gasteiger partial charge in [-0.15, -0.1) is 0 Å². The summed E-state index contributed by atoms with van der Waals surface area (Å²) < 4.78 is 5.34. The van der Waals surface area contributed by atoms with Crippen LogP contribution in [0.15, 0.2) is 0 Å². The van der Waals surface area contributed by atoms with Crippen molar-refractivity contribution in [3.63, 3.8) is 0 Å². The van der Waals surface area contributed by atoms with Gasteiger partial charge in [0.2, 0.25) is 0 Å². The van der Waals surface area contributed by atoms with Crippen molar-refractivity contribution in [3.8, 4) is 0 Å². The molecular formula is C8H16O. The third-order valence-electron chi connectivity index (χ3n) is 2.38. The molecule has 2 atom stereocenters. The monoisotopic (exact) mass is 128 g/mol. The first-order valence-corrected chi connectivity index (χ1v) is 3.92. The summed E-state index contributed by atoms with van der Waals surface area (Å²) in [6, 6.07) is 0. The van der Waals surface area contributed by atoms with E-state index < -0.39 is 0 Å². The molecule has 0 spiro atoms. The number of hydrogen-bond donors (Lipinski definition) is 0. The van der Waals surface area contributed by atoms with Gasteiger partial charge in [0.25, 0.3) is 0 Å². The maximum absolute atomic E-state index is 5.34. The van der Waals surface area contributed by atoms with Crippen molar-refractivity contribution in [2.45, 2.75) is 26.7 Å². The number of hydrogen-bond acceptors (Lipinski definition) is 1. The summed E-state index contributed by atoms with van der Waals surface area (Å²) in [5.41, 5.74) is 0. The van der Waals surface area contributed by atoms with Crippen LogP contribution in [0.5, 0.6) is 0 Å². The smallest absolute Gasteiger partial charge is 0.0496 e. The largest absolute Gasteiger partial charge is 0.381 e. The van der Waals surface area contributed by atoms with E-state index in [0.29, 0.717) is 0 Å². The van der Waals surface area contributed by atoms with E-state index in [0.717, 1.165) is 25.0 Å². The third kappa shape index (κ3) is 1.68. The quantitative estimate of drug-likeness (QED) is 0.525. The van der Waals surface area contributed by atoms with Crippen molar-refractivity contribution < 1.29 is 4.74 Å². The number of rotatable bonds is 1. The lowest BCUT2D eigenvalue weighted by atomic mass is 9.88. The van der Waals surface area contributed by atoms with Gasteiger partial charge in [0.15, 0.2) is 0 Å². The van der Waals surface area contributed by atoms with Crippen LogP contribution in [0.2, 0.25) is 0 Å². The zero-order chi connectivity index (χ0) is 6.69. The van der Waals surface area contributed by atoms with E-state index in [-0.39, 0.29) is 0 Å². The molecule has 9 heavy (non-hydrogen) atoms. The summed E-state index contributed by atoms with van der Waals surface area (Å²) in [6.45, 7) is 6.56. The van der Waals surface area contributed by atoms with Crippen LogP contribution in [0.1, 0.15) is 26.7 Å². The van der Waals surface area contributed by atoms with E-state index in [1.54, 1.807) is 0 Å². The van der Waals surface area contributed by atoms with E-state index in [2.05, 4.69) is 13.8 Å². The molecule has 0 N–H and O–H groups in total. The van der Waals surface area contributed by atoms with Crippen molar-refractivity contribution >= 4 is 0 Å². The fourth-order valence-corrected chi connectivity index (χ4v) is 1.42. The van der Waals surface area contributed by atoms with Crippen LogP contribution in [-0.4, -0.2) is 13.2 Å². The Kier molecular flexibility index (Phi) is 2.52. The second kappa shape index (κ2) is 3.21. The van der Waals surface area contributed by atoms with Crippen LogP contribution >= 0.6 is 0 Å². The molecule has 0 aromatic rings. The topological polar surface area (TPSA) is 9.23 Å². The normalized spacial score (nSPS) is 36.7. The highest BCUT2D eigenvalue weighted by atomic mass is 16.5. The Morgan fingerprint density at radius 1 is 1.56 bits per heavy atom. The molecule has 0 saturated carbocycles. The molecule has 1 fully saturated rings. The molecule has 0 aliphatic carbocycles. The Balaban J connectivity index is 2.30. The summed E-state index contributed by atoms with van der Waals surface area (Å²) in [7, 11) is 0. The average Bonchev–Trinajstić information content (AvgIpc) is 1.89. The van der Waals surface area contributed by atoms with Gasteiger partial charge in [0, 0.05) is 13.2 Å². The Labute approximate surface area is 57.4 Å². The lowest BCUT2D eigenvalue weighted by molar-refractivity contribution is 0.0214. The maximum Gasteiger partial charge on any atom is 0.0496 e. The summed E-state index contributed by atoms with van der Waals surface area (Å²) in [4.78, 5) is 0. The lowest BCUT2D eigenvalue weighted by Gasteiger charge is -2.27. The molecule has 0 aromatic carbocycles. The molecule has 1 rings (SSSR count). The standard InChI is InChI=1S/C8H16O/c1-3-8-6-9-5-4-7(8)2/h7-8H,3-6H2,1-2H3/t7-,8?/m0/s1. The van der Waals surface area contributed by atoms with E-state index in [4.69, 9.17) is 4.74 Å². The second-order valence-corrected chi connectivity index (χ2v) is 3.01. The maximum atomic E-state index is 5.34. The van der Waals surface area contributed by atoms with Crippen LogP contribution in [0.3, 0.4) is 0 Å². The average molecular weight is 128 g/mol. The fourth-order valence-electron chi connectivity index (χ4n) is 1.42. The highest BCUT2D eigenvalue weighted by Crippen LogP contribution is 2.23. The van der Waals surface area contributed by atoms with Crippen LogP contribution in [0.25, 0.3) is 0 Å². The number of ether oxygens (including phenoxy) is 1. The van der Waals surface area contributed by atoms with Crippen LogP contribution in [-0.2, 0) is 4.74 Å². The first-order valence-electron chi connectivity index (χ1n) is 3.92. The Morgan fingerprint density at radius 3 is 2.78 bits per heavy atom. The van der Waals surface area contributed by atoms with Crippen LogP contribution in [0.4, 0.5) is 0 Å². The first kappa shape index (κ1) is 7.07. The van der Waals surface area contributed by atoms with E-state index in [1.807, 2.05) is 0 Å². The van der Waals surface area contributed by atoms with Gasteiger partial charge in [-0.3, -0.25) is 0 Å². The van der Waals surface area contributed by atoms with Gasteiger partial charge in [-0.1, -0.05) is 20.3 Å². The second-order valence-electron chi connectivity index (χ2n) is 3.01. The van der Waals surface area contributed by atoms with Crippen molar-refractivity contribution in [1.82, 2.24) is 0 Å². The predicted octanol–water partition coefficient (Wildman–Crippen LogP) is 2.07. The van der Waals surface area contributed by atoms with E-state index in [1.165, 1.54) is 12.8 Å². The van der Waals surface area contributed by atoms with Gasteiger partial charge in [0.05, 0.1) is 0 Å². The minimum Gasteiger partial charge on any atom is -0.381 e. The molecule has 0 bridgehead atoms. The van der Waals surface area contributed by atoms with Gasteiger partial charge in [-0.05, 0) is 18.3 Å². The highest BCUT2D eigenvalue weighted by molar-refractivity contribution is 4.68. The van der Waals surface area contributed by atoms with Gasteiger partial charge in [-0.2, -0.15) is 0 Å². The highest BCUT2D eigenvalue weighted by Gasteiger charge is 2.19. The molecule has 0 amide bonds. The Morgan fingerprint density at radius 2 is 2.33 bits per heavy atom. The van der Waals surface area contributed by atoms with Crippen molar-refractivity contribution in [2.24, 2.45) is 11.8 Å².